The number of unbranched alkanes of at least 4 members (excludes halogenated alkanes) is 5. The number of benzene rings is 3. The van der Waals surface area contributed by atoms with Gasteiger partial charge in [0.2, 0.25) is 0 Å². The molecule has 48 heavy (non-hydrogen) atoms. The first-order valence-electron chi connectivity index (χ1n) is 17.1. The van der Waals surface area contributed by atoms with Gasteiger partial charge >= 0.3 is 6.09 Å². The lowest BCUT2D eigenvalue weighted by molar-refractivity contribution is 0.0308. The molecule has 3 atom stereocenters. The highest BCUT2D eigenvalue weighted by atomic mass is 31.1. The van der Waals surface area contributed by atoms with E-state index in [2.05, 4.69) is 18.3 Å². The van der Waals surface area contributed by atoms with Crippen LogP contribution in [0.5, 0.6) is 5.75 Å². The predicted octanol–water partition coefficient (Wildman–Crippen LogP) is 8.96. The molecule has 8 nitrogen and oxygen atoms in total. The van der Waals surface area contributed by atoms with E-state index in [-0.39, 0.29) is 13.0 Å². The summed E-state index contributed by atoms with van der Waals surface area (Å²) in [7, 11) is -2.72. The largest absolute Gasteiger partial charge is 0.492 e. The van der Waals surface area contributed by atoms with E-state index < -0.39 is 37.5 Å². The number of carbonyl (C=O) groups excluding carboxylic acids is 1. The molecular formula is C39H53N2O6P. The number of nitriles is 1. The molecular weight excluding hydrogens is 623 g/mol. The van der Waals surface area contributed by atoms with Gasteiger partial charge in [-0.3, -0.25) is 4.57 Å². The van der Waals surface area contributed by atoms with Crippen molar-refractivity contribution >= 4 is 14.1 Å². The zero-order valence-electron chi connectivity index (χ0n) is 29.0. The van der Waals surface area contributed by atoms with Gasteiger partial charge in [-0.05, 0) is 75.3 Å². The Morgan fingerprint density at radius 3 is 2.25 bits per heavy atom. The Kier molecular flexibility index (Phi) is 16.2. The van der Waals surface area contributed by atoms with Crippen LogP contribution >= 0.6 is 8.03 Å². The molecule has 0 radical (unpaired) electrons. The molecule has 0 aliphatic rings. The monoisotopic (exact) mass is 676 g/mol. The number of rotatable bonds is 20. The predicted molar refractivity (Wildman–Crippen MR) is 192 cm³/mol. The molecule has 0 bridgehead atoms. The molecule has 260 valence electrons. The fourth-order valence-corrected chi connectivity index (χ4v) is 6.92. The average Bonchev–Trinajstić information content (AvgIpc) is 3.08. The van der Waals surface area contributed by atoms with Gasteiger partial charge in [0.15, 0.2) is 8.03 Å². The van der Waals surface area contributed by atoms with Crippen LogP contribution < -0.4 is 10.1 Å². The first-order chi connectivity index (χ1) is 23.1. The Hall–Kier alpha value is -3.63. The van der Waals surface area contributed by atoms with Crippen molar-refractivity contribution in [3.8, 4) is 11.8 Å². The standard InChI is InChI=1S/C39H53N2O6P/c1-5-6-7-8-9-16-25-45-35-22-21-32(26-34(35)28-40)23-24-39(29-42,41-37(43)47-38(2,3)4)30-46-48(44)36(33-19-14-11-15-20-33)27-31-17-12-10-13-18-31/h10-15,17-22,26,36,42,48H,5-9,16,23-25,27,29-30H2,1-4H3,(H,41,43). The Labute approximate surface area is 287 Å². The van der Waals surface area contributed by atoms with Gasteiger partial charge in [-0.1, -0.05) is 106 Å². The first kappa shape index (κ1) is 38.8. The number of nitrogens with one attached hydrogen (secondary N) is 1. The molecule has 1 amide bonds. The smallest absolute Gasteiger partial charge is 0.408 e. The molecule has 0 spiro atoms. The van der Waals surface area contributed by atoms with Crippen molar-refractivity contribution in [3.05, 3.63) is 101 Å². The van der Waals surface area contributed by atoms with Crippen molar-refractivity contribution in [1.29, 1.82) is 5.26 Å². The van der Waals surface area contributed by atoms with E-state index in [9.17, 15) is 19.7 Å². The molecule has 3 aromatic carbocycles. The zero-order chi connectivity index (χ0) is 34.8. The van der Waals surface area contributed by atoms with Gasteiger partial charge in [0.05, 0.1) is 36.6 Å². The number of ether oxygens (including phenoxy) is 2. The van der Waals surface area contributed by atoms with E-state index in [1.807, 2.05) is 66.7 Å². The molecule has 0 aliphatic heterocycles. The lowest BCUT2D eigenvalue weighted by atomic mass is 9.92. The van der Waals surface area contributed by atoms with E-state index in [0.29, 0.717) is 30.8 Å². The second kappa shape index (κ2) is 20.0. The van der Waals surface area contributed by atoms with E-state index in [0.717, 1.165) is 29.5 Å². The number of hydrogen-bond donors (Lipinski definition) is 2. The lowest BCUT2D eigenvalue weighted by Gasteiger charge is -2.34. The van der Waals surface area contributed by atoms with E-state index in [1.165, 1.54) is 25.7 Å². The average molecular weight is 677 g/mol. The number of aliphatic hydroxyl groups is 1. The van der Waals surface area contributed by atoms with Gasteiger partial charge in [-0.25, -0.2) is 4.79 Å². The topological polar surface area (TPSA) is 118 Å². The van der Waals surface area contributed by atoms with Crippen molar-refractivity contribution < 1.29 is 28.5 Å². The fraction of sp³-hybridized carbons (Fsp3) is 0.487. The van der Waals surface area contributed by atoms with Gasteiger partial charge in [0.1, 0.15) is 17.4 Å². The van der Waals surface area contributed by atoms with Crippen LogP contribution in [0.1, 0.15) is 101 Å². The number of alkyl carbamates (subject to hydrolysis) is 1. The third-order valence-electron chi connectivity index (χ3n) is 8.14. The normalized spacial score (nSPS) is 13.9. The lowest BCUT2D eigenvalue weighted by Crippen LogP contribution is -2.55. The quantitative estimate of drug-likeness (QED) is 0.0906. The number of hydrogen-bond acceptors (Lipinski definition) is 7. The second-order valence-electron chi connectivity index (χ2n) is 13.4. The Bertz CT molecular complexity index is 1450. The van der Waals surface area contributed by atoms with Crippen LogP contribution in [0.15, 0.2) is 78.9 Å². The molecule has 0 fully saturated rings. The second-order valence-corrected chi connectivity index (χ2v) is 15.0. The van der Waals surface area contributed by atoms with Crippen LogP contribution in [0, 0.1) is 11.3 Å². The molecule has 3 aromatic rings. The van der Waals surface area contributed by atoms with Crippen LogP contribution in [-0.2, 0) is 26.7 Å². The van der Waals surface area contributed by atoms with Gasteiger partial charge in [-0.2, -0.15) is 5.26 Å². The van der Waals surface area contributed by atoms with Crippen LogP contribution in [0.2, 0.25) is 0 Å². The SMILES string of the molecule is CCCCCCCCOc1ccc(CCC(CO)(CO[PH](=O)C(Cc2ccccc2)c2ccccc2)NC(=O)OC(C)(C)C)cc1C#N. The summed E-state index contributed by atoms with van der Waals surface area (Å²) in [6.45, 7) is 7.37. The minimum Gasteiger partial charge on any atom is -0.492 e. The van der Waals surface area contributed by atoms with Gasteiger partial charge < -0.3 is 24.4 Å². The van der Waals surface area contributed by atoms with Crippen molar-refractivity contribution in [3.63, 3.8) is 0 Å². The Morgan fingerprint density at radius 1 is 0.938 bits per heavy atom. The van der Waals surface area contributed by atoms with Crippen molar-refractivity contribution in [1.82, 2.24) is 5.32 Å². The maximum Gasteiger partial charge on any atom is 0.408 e. The maximum absolute atomic E-state index is 13.9. The van der Waals surface area contributed by atoms with Crippen molar-refractivity contribution in [2.75, 3.05) is 19.8 Å². The summed E-state index contributed by atoms with van der Waals surface area (Å²) >= 11 is 0. The van der Waals surface area contributed by atoms with E-state index >= 15 is 0 Å². The molecule has 0 saturated heterocycles. The number of amides is 1. The van der Waals surface area contributed by atoms with E-state index in [1.54, 1.807) is 32.9 Å². The highest BCUT2D eigenvalue weighted by Gasteiger charge is 2.35. The molecule has 0 heterocycles. The van der Waals surface area contributed by atoms with Crippen LogP contribution in [0.3, 0.4) is 0 Å². The summed E-state index contributed by atoms with van der Waals surface area (Å²) in [6, 6.07) is 27.1. The highest BCUT2D eigenvalue weighted by molar-refractivity contribution is 7.39. The van der Waals surface area contributed by atoms with Crippen LogP contribution in [-0.4, -0.2) is 42.2 Å². The molecule has 2 N–H and O–H groups in total. The van der Waals surface area contributed by atoms with Crippen molar-refractivity contribution in [2.24, 2.45) is 0 Å². The molecule has 0 aromatic heterocycles. The third kappa shape index (κ3) is 13.5. The molecule has 3 unspecified atom stereocenters. The van der Waals surface area contributed by atoms with Crippen molar-refractivity contribution in [2.45, 2.75) is 102 Å². The van der Waals surface area contributed by atoms with E-state index in [4.69, 9.17) is 14.0 Å². The summed E-state index contributed by atoms with van der Waals surface area (Å²) in [6.07, 6.45) is 7.36. The third-order valence-corrected chi connectivity index (χ3v) is 9.68. The molecule has 0 saturated carbocycles. The maximum atomic E-state index is 13.9. The van der Waals surface area contributed by atoms with Gasteiger partial charge in [0, 0.05) is 0 Å². The number of nitrogens with zero attached hydrogens (tertiary/aromatic N) is 1. The number of carbonyl (C=O) groups is 1. The van der Waals surface area contributed by atoms with Gasteiger partial charge in [0.25, 0.3) is 0 Å². The molecule has 3 rings (SSSR count). The minimum absolute atomic E-state index is 0.191. The van der Waals surface area contributed by atoms with Gasteiger partial charge in [-0.15, -0.1) is 0 Å². The minimum atomic E-state index is -2.72. The van der Waals surface area contributed by atoms with Crippen LogP contribution in [0.25, 0.3) is 0 Å². The van der Waals surface area contributed by atoms with Crippen LogP contribution in [0.4, 0.5) is 4.79 Å². The first-order valence-corrected chi connectivity index (χ1v) is 18.5. The summed E-state index contributed by atoms with van der Waals surface area (Å²) in [5, 5.41) is 23.4. The number of aliphatic hydroxyl groups excluding tert-OH is 1. The summed E-state index contributed by atoms with van der Waals surface area (Å²) in [4.78, 5) is 13.0. The summed E-state index contributed by atoms with van der Waals surface area (Å²) in [5.41, 5.74) is 0.724. The molecule has 0 aliphatic carbocycles. The highest BCUT2D eigenvalue weighted by Crippen LogP contribution is 2.45. The Balaban J connectivity index is 1.75. The zero-order valence-corrected chi connectivity index (χ0v) is 30.0. The summed E-state index contributed by atoms with van der Waals surface area (Å²) in [5.74, 6) is 0.544. The molecule has 9 heteroatoms. The fourth-order valence-electron chi connectivity index (χ4n) is 5.43. The summed E-state index contributed by atoms with van der Waals surface area (Å²) < 4.78 is 31.4. The number of aryl methyl sites for hydroxylation is 1. The Morgan fingerprint density at radius 2 is 1.60 bits per heavy atom.